The SMILES string of the molecule is CCN(CC)C(=O)CN(C)CC(=O)Nc1cccc(C)c1C. The number of nitrogens with one attached hydrogen (secondary N) is 1. The third kappa shape index (κ3) is 5.15. The van der Waals surface area contributed by atoms with Gasteiger partial charge < -0.3 is 10.2 Å². The van der Waals surface area contributed by atoms with Crippen molar-refractivity contribution in [1.82, 2.24) is 9.80 Å². The van der Waals surface area contributed by atoms with E-state index in [-0.39, 0.29) is 24.9 Å². The molecule has 1 aromatic carbocycles. The molecule has 0 fully saturated rings. The molecule has 122 valence electrons. The number of hydrogen-bond donors (Lipinski definition) is 1. The summed E-state index contributed by atoms with van der Waals surface area (Å²) in [5.41, 5.74) is 3.04. The Bertz CT molecular complexity index is 525. The second kappa shape index (κ2) is 8.54. The van der Waals surface area contributed by atoms with Crippen molar-refractivity contribution >= 4 is 17.5 Å². The highest BCUT2D eigenvalue weighted by molar-refractivity contribution is 5.93. The van der Waals surface area contributed by atoms with Crippen LogP contribution in [0.1, 0.15) is 25.0 Å². The zero-order valence-electron chi connectivity index (χ0n) is 14.3. The molecule has 5 heteroatoms. The van der Waals surface area contributed by atoms with Crippen molar-refractivity contribution in [1.29, 1.82) is 0 Å². The zero-order valence-corrected chi connectivity index (χ0v) is 14.3. The monoisotopic (exact) mass is 305 g/mol. The predicted octanol–water partition coefficient (Wildman–Crippen LogP) is 2.04. The Balaban J connectivity index is 2.54. The quantitative estimate of drug-likeness (QED) is 0.839. The molecule has 0 saturated carbocycles. The van der Waals surface area contributed by atoms with Crippen molar-refractivity contribution in [3.05, 3.63) is 29.3 Å². The Morgan fingerprint density at radius 1 is 1.09 bits per heavy atom. The first-order valence-electron chi connectivity index (χ1n) is 7.71. The van der Waals surface area contributed by atoms with E-state index in [1.165, 1.54) is 0 Å². The van der Waals surface area contributed by atoms with Gasteiger partial charge in [-0.1, -0.05) is 12.1 Å². The molecule has 22 heavy (non-hydrogen) atoms. The molecule has 0 saturated heterocycles. The summed E-state index contributed by atoms with van der Waals surface area (Å²) in [6, 6.07) is 5.83. The number of nitrogens with zero attached hydrogens (tertiary/aromatic N) is 2. The Morgan fingerprint density at radius 2 is 1.73 bits per heavy atom. The molecular weight excluding hydrogens is 278 g/mol. The molecule has 2 amide bonds. The summed E-state index contributed by atoms with van der Waals surface area (Å²) in [7, 11) is 1.78. The molecule has 0 unspecified atom stereocenters. The van der Waals surface area contributed by atoms with Crippen LogP contribution >= 0.6 is 0 Å². The van der Waals surface area contributed by atoms with Gasteiger partial charge in [-0.25, -0.2) is 0 Å². The van der Waals surface area contributed by atoms with E-state index in [2.05, 4.69) is 5.32 Å². The molecular formula is C17H27N3O2. The smallest absolute Gasteiger partial charge is 0.238 e. The minimum Gasteiger partial charge on any atom is -0.342 e. The highest BCUT2D eigenvalue weighted by atomic mass is 16.2. The molecule has 0 radical (unpaired) electrons. The third-order valence-corrected chi connectivity index (χ3v) is 3.81. The number of amides is 2. The van der Waals surface area contributed by atoms with Gasteiger partial charge in [0.05, 0.1) is 13.1 Å². The van der Waals surface area contributed by atoms with Crippen LogP contribution in [0.15, 0.2) is 18.2 Å². The molecule has 1 N–H and O–H groups in total. The molecule has 5 nitrogen and oxygen atoms in total. The maximum atomic E-state index is 12.1. The first-order valence-corrected chi connectivity index (χ1v) is 7.71. The van der Waals surface area contributed by atoms with Crippen molar-refractivity contribution in [2.75, 3.05) is 38.5 Å². The Hall–Kier alpha value is -1.88. The van der Waals surface area contributed by atoms with Crippen LogP contribution in [0.5, 0.6) is 0 Å². The maximum Gasteiger partial charge on any atom is 0.238 e. The second-order valence-corrected chi connectivity index (χ2v) is 5.53. The van der Waals surface area contributed by atoms with E-state index in [4.69, 9.17) is 0 Å². The molecule has 0 heterocycles. The lowest BCUT2D eigenvalue weighted by Gasteiger charge is -2.22. The van der Waals surface area contributed by atoms with E-state index in [0.29, 0.717) is 13.1 Å². The number of carbonyl (C=O) groups is 2. The summed E-state index contributed by atoms with van der Waals surface area (Å²) in [6.07, 6.45) is 0. The topological polar surface area (TPSA) is 52.7 Å². The van der Waals surface area contributed by atoms with E-state index in [1.54, 1.807) is 16.8 Å². The van der Waals surface area contributed by atoms with Crippen LogP contribution in [0.25, 0.3) is 0 Å². The summed E-state index contributed by atoms with van der Waals surface area (Å²) >= 11 is 0. The van der Waals surface area contributed by atoms with Crippen LogP contribution in [0.2, 0.25) is 0 Å². The number of rotatable bonds is 7. The summed E-state index contributed by atoms with van der Waals surface area (Å²) in [5.74, 6) is -0.0596. The average Bonchev–Trinajstić information content (AvgIpc) is 2.44. The highest BCUT2D eigenvalue weighted by Crippen LogP contribution is 2.17. The van der Waals surface area contributed by atoms with Crippen molar-refractivity contribution in [3.8, 4) is 0 Å². The maximum absolute atomic E-state index is 12.1. The second-order valence-electron chi connectivity index (χ2n) is 5.53. The molecule has 1 rings (SSSR count). The number of carbonyl (C=O) groups excluding carboxylic acids is 2. The van der Waals surface area contributed by atoms with E-state index < -0.39 is 0 Å². The van der Waals surface area contributed by atoms with Gasteiger partial charge >= 0.3 is 0 Å². The first-order chi connectivity index (χ1) is 10.4. The van der Waals surface area contributed by atoms with E-state index in [0.717, 1.165) is 16.8 Å². The van der Waals surface area contributed by atoms with Gasteiger partial charge in [0.15, 0.2) is 0 Å². The van der Waals surface area contributed by atoms with Gasteiger partial charge in [0.2, 0.25) is 11.8 Å². The molecule has 0 spiro atoms. The molecule has 0 aliphatic carbocycles. The Kier molecular flexibility index (Phi) is 7.05. The van der Waals surface area contributed by atoms with Gasteiger partial charge in [0.1, 0.15) is 0 Å². The van der Waals surface area contributed by atoms with Gasteiger partial charge in [-0.05, 0) is 51.9 Å². The minimum absolute atomic E-state index is 0.0482. The van der Waals surface area contributed by atoms with E-state index in [9.17, 15) is 9.59 Å². The Morgan fingerprint density at radius 3 is 2.32 bits per heavy atom. The van der Waals surface area contributed by atoms with Crippen LogP contribution in [0.3, 0.4) is 0 Å². The van der Waals surface area contributed by atoms with Crippen LogP contribution in [-0.4, -0.2) is 54.8 Å². The van der Waals surface area contributed by atoms with Crippen LogP contribution in [0.4, 0.5) is 5.69 Å². The van der Waals surface area contributed by atoms with Gasteiger partial charge in [0.25, 0.3) is 0 Å². The predicted molar refractivity (Wildman–Crippen MR) is 90.0 cm³/mol. The lowest BCUT2D eigenvalue weighted by atomic mass is 10.1. The molecule has 0 aromatic heterocycles. The average molecular weight is 305 g/mol. The lowest BCUT2D eigenvalue weighted by molar-refractivity contribution is -0.132. The molecule has 0 bridgehead atoms. The number of anilines is 1. The van der Waals surface area contributed by atoms with Crippen molar-refractivity contribution < 1.29 is 9.59 Å². The van der Waals surface area contributed by atoms with Gasteiger partial charge in [0, 0.05) is 18.8 Å². The summed E-state index contributed by atoms with van der Waals surface area (Å²) in [4.78, 5) is 27.6. The zero-order chi connectivity index (χ0) is 16.7. The van der Waals surface area contributed by atoms with Crippen LogP contribution in [-0.2, 0) is 9.59 Å². The summed E-state index contributed by atoms with van der Waals surface area (Å²) < 4.78 is 0. The minimum atomic E-state index is -0.108. The fourth-order valence-corrected chi connectivity index (χ4v) is 2.28. The highest BCUT2D eigenvalue weighted by Gasteiger charge is 2.15. The van der Waals surface area contributed by atoms with Crippen molar-refractivity contribution in [2.24, 2.45) is 0 Å². The van der Waals surface area contributed by atoms with Crippen LogP contribution < -0.4 is 5.32 Å². The summed E-state index contributed by atoms with van der Waals surface area (Å²) in [5, 5.41) is 2.91. The van der Waals surface area contributed by atoms with Gasteiger partial charge in [-0.3, -0.25) is 14.5 Å². The van der Waals surface area contributed by atoms with Gasteiger partial charge in [-0.15, -0.1) is 0 Å². The van der Waals surface area contributed by atoms with Gasteiger partial charge in [-0.2, -0.15) is 0 Å². The molecule has 0 aliphatic heterocycles. The fourth-order valence-electron chi connectivity index (χ4n) is 2.28. The Labute approximate surface area is 133 Å². The van der Waals surface area contributed by atoms with E-state index in [1.807, 2.05) is 45.9 Å². The number of benzene rings is 1. The van der Waals surface area contributed by atoms with Crippen LogP contribution in [0, 0.1) is 13.8 Å². The normalized spacial score (nSPS) is 10.6. The molecule has 0 atom stereocenters. The lowest BCUT2D eigenvalue weighted by Crippen LogP contribution is -2.41. The molecule has 0 aliphatic rings. The largest absolute Gasteiger partial charge is 0.342 e. The summed E-state index contributed by atoms with van der Waals surface area (Å²) in [6.45, 7) is 9.74. The number of hydrogen-bond acceptors (Lipinski definition) is 3. The van der Waals surface area contributed by atoms with E-state index >= 15 is 0 Å². The molecule has 1 aromatic rings. The standard InChI is InChI=1S/C17H27N3O2/c1-6-20(7-2)17(22)12-19(5)11-16(21)18-15-10-8-9-13(3)14(15)4/h8-10H,6-7,11-12H2,1-5H3,(H,18,21). The fraction of sp³-hybridized carbons (Fsp3) is 0.529. The number of aryl methyl sites for hydroxylation is 1. The third-order valence-electron chi connectivity index (χ3n) is 3.81. The first kappa shape index (κ1) is 18.2. The number of likely N-dealkylation sites (N-methyl/N-ethyl adjacent to an activating group) is 2. The van der Waals surface area contributed by atoms with Crippen molar-refractivity contribution in [3.63, 3.8) is 0 Å². The van der Waals surface area contributed by atoms with Crippen molar-refractivity contribution in [2.45, 2.75) is 27.7 Å².